The molecule has 0 aromatic heterocycles. The first kappa shape index (κ1) is 90.6. The molecule has 0 aliphatic rings. The predicted molar refractivity (Wildman–Crippen MR) is 407 cm³/mol. The largest absolute Gasteiger partial charge is 0.466 e. The Balaban J connectivity index is 3.30. The monoisotopic (exact) mass is 1300 g/mol. The lowest BCUT2D eigenvalue weighted by Gasteiger charge is -2.22. The molecular formula is C86H169NO5. The van der Waals surface area contributed by atoms with Crippen LogP contribution in [0, 0.1) is 0 Å². The van der Waals surface area contributed by atoms with Crippen molar-refractivity contribution in [1.29, 1.82) is 0 Å². The zero-order valence-corrected chi connectivity index (χ0v) is 63.1. The number of amides is 1. The molecule has 0 heterocycles. The molecule has 0 aliphatic heterocycles. The highest BCUT2D eigenvalue weighted by Crippen LogP contribution is 2.21. The molecule has 3 N–H and O–H groups in total. The van der Waals surface area contributed by atoms with Crippen LogP contribution in [0.5, 0.6) is 0 Å². The summed E-state index contributed by atoms with van der Waals surface area (Å²) >= 11 is 0. The first-order valence-corrected chi connectivity index (χ1v) is 42.9. The van der Waals surface area contributed by atoms with Crippen molar-refractivity contribution in [3.8, 4) is 0 Å². The Morgan fingerprint density at radius 2 is 0.522 bits per heavy atom. The molecule has 0 bridgehead atoms. The summed E-state index contributed by atoms with van der Waals surface area (Å²) in [6, 6.07) is -0.538. The maximum absolute atomic E-state index is 12.6. The minimum atomic E-state index is -0.661. The highest BCUT2D eigenvalue weighted by molar-refractivity contribution is 5.76. The SMILES string of the molecule is CCCC/C=C\CCCCCCCC(=O)OCCCCCCCCCCCCCCCCCCCCCCCCCCCCCCCCCCCCCCCCCC(=O)NC(CO)C(O)CCCCCCCCCCCCCCCCCCCCCCCCCCC. The summed E-state index contributed by atoms with van der Waals surface area (Å²) in [5, 5.41) is 23.5. The van der Waals surface area contributed by atoms with Crippen LogP contribution in [0.3, 0.4) is 0 Å². The van der Waals surface area contributed by atoms with E-state index in [9.17, 15) is 19.8 Å². The smallest absolute Gasteiger partial charge is 0.305 e. The molecular weight excluding hydrogens is 1130 g/mol. The number of ether oxygens (including phenoxy) is 1. The van der Waals surface area contributed by atoms with Crippen molar-refractivity contribution in [3.05, 3.63) is 12.2 Å². The Bertz CT molecular complexity index is 1400. The van der Waals surface area contributed by atoms with Gasteiger partial charge in [-0.05, 0) is 44.9 Å². The second kappa shape index (κ2) is 82.0. The lowest BCUT2D eigenvalue weighted by molar-refractivity contribution is -0.143. The van der Waals surface area contributed by atoms with Crippen LogP contribution < -0.4 is 5.32 Å². The van der Waals surface area contributed by atoms with Gasteiger partial charge in [-0.15, -0.1) is 0 Å². The molecule has 92 heavy (non-hydrogen) atoms. The molecule has 0 aliphatic carbocycles. The highest BCUT2D eigenvalue weighted by Gasteiger charge is 2.20. The molecule has 0 fully saturated rings. The zero-order valence-electron chi connectivity index (χ0n) is 63.1. The van der Waals surface area contributed by atoms with Crippen molar-refractivity contribution >= 4 is 11.9 Å². The Labute approximate surface area is 578 Å². The lowest BCUT2D eigenvalue weighted by Crippen LogP contribution is -2.45. The van der Waals surface area contributed by atoms with Gasteiger partial charge in [0.15, 0.2) is 0 Å². The number of carbonyl (C=O) groups excluding carboxylic acids is 2. The van der Waals surface area contributed by atoms with Crippen molar-refractivity contribution in [3.63, 3.8) is 0 Å². The summed E-state index contributed by atoms with van der Waals surface area (Å²) in [6.07, 6.45) is 105. The van der Waals surface area contributed by atoms with Gasteiger partial charge >= 0.3 is 5.97 Å². The number of allylic oxidation sites excluding steroid dienone is 2. The van der Waals surface area contributed by atoms with E-state index in [1.165, 1.54) is 424 Å². The Morgan fingerprint density at radius 1 is 0.293 bits per heavy atom. The van der Waals surface area contributed by atoms with Gasteiger partial charge in [0.1, 0.15) is 0 Å². The van der Waals surface area contributed by atoms with Gasteiger partial charge in [-0.25, -0.2) is 0 Å². The van der Waals surface area contributed by atoms with E-state index in [4.69, 9.17) is 4.74 Å². The van der Waals surface area contributed by atoms with Crippen molar-refractivity contribution < 1.29 is 24.5 Å². The number of nitrogens with one attached hydrogen (secondary N) is 1. The van der Waals surface area contributed by atoms with Gasteiger partial charge in [0.2, 0.25) is 5.91 Å². The topological polar surface area (TPSA) is 95.9 Å². The molecule has 2 atom stereocenters. The number of carbonyl (C=O) groups is 2. The van der Waals surface area contributed by atoms with Gasteiger partial charge in [-0.3, -0.25) is 9.59 Å². The van der Waals surface area contributed by atoms with Crippen LogP contribution in [0.2, 0.25) is 0 Å². The highest BCUT2D eigenvalue weighted by atomic mass is 16.5. The molecule has 6 nitrogen and oxygen atoms in total. The number of aliphatic hydroxyl groups excluding tert-OH is 2. The van der Waals surface area contributed by atoms with E-state index < -0.39 is 12.1 Å². The third kappa shape index (κ3) is 77.6. The molecule has 0 saturated heterocycles. The molecule has 0 spiro atoms. The quantitative estimate of drug-likeness (QED) is 0.0320. The standard InChI is InChI=1S/C86H169NO5/c1-3-5-7-9-11-13-15-16-17-18-19-20-21-37-40-43-46-49-52-55-59-62-66-70-74-78-84(89)83(82-88)87-85(90)79-75-71-67-63-60-56-53-50-47-44-41-38-35-33-31-29-27-25-23-22-24-26-28-30-32-34-36-39-42-45-48-51-54-57-61-65-69-73-77-81-92-86(91)80-76-72-68-64-58-14-12-10-8-6-4-2/h10,12,83-84,88-89H,3-9,11,13-82H2,1-2H3,(H,87,90)/b12-10-. The van der Waals surface area contributed by atoms with Crippen LogP contribution in [0.4, 0.5) is 0 Å². The summed E-state index contributed by atoms with van der Waals surface area (Å²) in [6.45, 7) is 4.98. The number of unbranched alkanes of at least 4 members (excludes halogenated alkanes) is 69. The number of esters is 1. The van der Waals surface area contributed by atoms with E-state index in [0.29, 0.717) is 25.9 Å². The molecule has 548 valence electrons. The van der Waals surface area contributed by atoms with Gasteiger partial charge in [0.05, 0.1) is 25.4 Å². The first-order chi connectivity index (χ1) is 45.5. The summed E-state index contributed by atoms with van der Waals surface area (Å²) in [4.78, 5) is 24.6. The number of aliphatic hydroxyl groups is 2. The maximum atomic E-state index is 12.6. The molecule has 0 rings (SSSR count). The molecule has 6 heteroatoms. The lowest BCUT2D eigenvalue weighted by atomic mass is 10.0. The Kier molecular flexibility index (Phi) is 80.8. The molecule has 0 saturated carbocycles. The fourth-order valence-electron chi connectivity index (χ4n) is 14.0. The van der Waals surface area contributed by atoms with E-state index in [0.717, 1.165) is 44.9 Å². The summed E-state index contributed by atoms with van der Waals surface area (Å²) in [5.74, 6) is -0.00801. The molecule has 0 aromatic rings. The van der Waals surface area contributed by atoms with Crippen LogP contribution in [0.1, 0.15) is 502 Å². The van der Waals surface area contributed by atoms with Gasteiger partial charge < -0.3 is 20.3 Å². The predicted octanol–water partition coefficient (Wildman–Crippen LogP) is 28.6. The maximum Gasteiger partial charge on any atom is 0.305 e. The fourth-order valence-corrected chi connectivity index (χ4v) is 14.0. The average Bonchev–Trinajstić information content (AvgIpc) is 3.77. The van der Waals surface area contributed by atoms with E-state index in [-0.39, 0.29) is 18.5 Å². The number of hydrogen-bond acceptors (Lipinski definition) is 5. The van der Waals surface area contributed by atoms with Gasteiger partial charge in [0.25, 0.3) is 0 Å². The first-order valence-electron chi connectivity index (χ1n) is 42.9. The molecule has 0 aromatic carbocycles. The van der Waals surface area contributed by atoms with Crippen LogP contribution in [-0.4, -0.2) is 47.4 Å². The van der Waals surface area contributed by atoms with E-state index in [2.05, 4.69) is 31.3 Å². The summed E-state index contributed by atoms with van der Waals surface area (Å²) < 4.78 is 5.48. The minimum Gasteiger partial charge on any atom is -0.466 e. The Morgan fingerprint density at radius 3 is 0.804 bits per heavy atom. The third-order valence-corrected chi connectivity index (χ3v) is 20.6. The van der Waals surface area contributed by atoms with Crippen molar-refractivity contribution in [2.45, 2.75) is 514 Å². The molecule has 1 amide bonds. The number of rotatable bonds is 82. The second-order valence-corrected chi connectivity index (χ2v) is 29.9. The molecule has 0 radical (unpaired) electrons. The van der Waals surface area contributed by atoms with Gasteiger partial charge in [-0.1, -0.05) is 456 Å². The fraction of sp³-hybridized carbons (Fsp3) is 0.953. The minimum absolute atomic E-state index is 0.0140. The zero-order chi connectivity index (χ0) is 66.3. The van der Waals surface area contributed by atoms with Crippen LogP contribution in [0.25, 0.3) is 0 Å². The Hall–Kier alpha value is -1.40. The molecule has 2 unspecified atom stereocenters. The van der Waals surface area contributed by atoms with E-state index >= 15 is 0 Å². The van der Waals surface area contributed by atoms with Gasteiger partial charge in [0, 0.05) is 12.8 Å². The third-order valence-electron chi connectivity index (χ3n) is 20.6. The van der Waals surface area contributed by atoms with E-state index in [1.54, 1.807) is 0 Å². The summed E-state index contributed by atoms with van der Waals surface area (Å²) in [5.41, 5.74) is 0. The van der Waals surface area contributed by atoms with E-state index in [1.807, 2.05) is 0 Å². The van der Waals surface area contributed by atoms with Crippen molar-refractivity contribution in [2.24, 2.45) is 0 Å². The average molecular weight is 1300 g/mol. The van der Waals surface area contributed by atoms with Gasteiger partial charge in [-0.2, -0.15) is 0 Å². The second-order valence-electron chi connectivity index (χ2n) is 29.9. The van der Waals surface area contributed by atoms with Crippen LogP contribution >= 0.6 is 0 Å². The van der Waals surface area contributed by atoms with Crippen LogP contribution in [-0.2, 0) is 14.3 Å². The normalized spacial score (nSPS) is 12.4. The van der Waals surface area contributed by atoms with Crippen LogP contribution in [0.15, 0.2) is 12.2 Å². The van der Waals surface area contributed by atoms with Crippen molar-refractivity contribution in [1.82, 2.24) is 5.32 Å². The summed E-state index contributed by atoms with van der Waals surface area (Å²) in [7, 11) is 0. The number of hydrogen-bond donors (Lipinski definition) is 3. The van der Waals surface area contributed by atoms with Crippen molar-refractivity contribution in [2.75, 3.05) is 13.2 Å².